The highest BCUT2D eigenvalue weighted by Crippen LogP contribution is 2.39. The fraction of sp³-hybridized carbons (Fsp3) is 0. The number of hydrogen-bond acceptors (Lipinski definition) is 1. The standard InChI is InChI=1S/C47H29N3/c1-2-11-35(12-3-1)49-42-16-8-6-14-37(42)39-28-33(23-26-43(39)49)30-18-20-31(21-19-30)34-24-27-44-40(29-34)38-25-22-32-10-4-5-13-36(32)46(38)47-48-41-15-7-9-17-45(41)50(44)47/h1-29H. The third-order valence-corrected chi connectivity index (χ3v) is 10.5. The minimum absolute atomic E-state index is 1.01. The van der Waals surface area contributed by atoms with Gasteiger partial charge in [-0.15, -0.1) is 0 Å². The van der Waals surface area contributed by atoms with Crippen LogP contribution < -0.4 is 0 Å². The van der Waals surface area contributed by atoms with Crippen molar-refractivity contribution < 1.29 is 0 Å². The molecule has 3 nitrogen and oxygen atoms in total. The molecule has 0 saturated carbocycles. The minimum Gasteiger partial charge on any atom is -0.309 e. The van der Waals surface area contributed by atoms with Crippen LogP contribution in [0.25, 0.3) is 98.9 Å². The van der Waals surface area contributed by atoms with E-state index in [1.807, 2.05) is 0 Å². The second kappa shape index (κ2) is 10.4. The monoisotopic (exact) mass is 635 g/mol. The Labute approximate surface area is 287 Å². The molecule has 0 atom stereocenters. The van der Waals surface area contributed by atoms with Gasteiger partial charge in [0.25, 0.3) is 0 Å². The van der Waals surface area contributed by atoms with Crippen LogP contribution in [-0.4, -0.2) is 14.0 Å². The fourth-order valence-corrected chi connectivity index (χ4v) is 8.16. The highest BCUT2D eigenvalue weighted by Gasteiger charge is 2.17. The first-order valence-electron chi connectivity index (χ1n) is 17.1. The molecule has 0 bridgehead atoms. The lowest BCUT2D eigenvalue weighted by Gasteiger charge is -2.13. The van der Waals surface area contributed by atoms with Crippen LogP contribution in [0.4, 0.5) is 0 Å². The zero-order valence-corrected chi connectivity index (χ0v) is 27.1. The quantitative estimate of drug-likeness (QED) is 0.177. The predicted molar refractivity (Wildman–Crippen MR) is 210 cm³/mol. The lowest BCUT2D eigenvalue weighted by atomic mass is 9.95. The van der Waals surface area contributed by atoms with E-state index in [1.165, 1.54) is 82.2 Å². The van der Waals surface area contributed by atoms with Gasteiger partial charge >= 0.3 is 0 Å². The third-order valence-electron chi connectivity index (χ3n) is 10.5. The highest BCUT2D eigenvalue weighted by atomic mass is 15.0. The minimum atomic E-state index is 1.01. The average molecular weight is 636 g/mol. The van der Waals surface area contributed by atoms with Crippen molar-refractivity contribution in [3.8, 4) is 27.9 Å². The van der Waals surface area contributed by atoms with E-state index in [1.54, 1.807) is 0 Å². The van der Waals surface area contributed by atoms with Crippen LogP contribution in [0, 0.1) is 0 Å². The summed E-state index contributed by atoms with van der Waals surface area (Å²) in [4.78, 5) is 5.18. The van der Waals surface area contributed by atoms with Crippen LogP contribution in [0.15, 0.2) is 176 Å². The van der Waals surface area contributed by atoms with Gasteiger partial charge in [-0.25, -0.2) is 4.98 Å². The molecule has 0 unspecified atom stereocenters. The Morgan fingerprint density at radius 1 is 0.360 bits per heavy atom. The Hall–Kier alpha value is -6.71. The first-order chi connectivity index (χ1) is 24.8. The van der Waals surface area contributed by atoms with Crippen molar-refractivity contribution in [2.45, 2.75) is 0 Å². The van der Waals surface area contributed by atoms with Crippen LogP contribution >= 0.6 is 0 Å². The number of benzene rings is 8. The van der Waals surface area contributed by atoms with E-state index < -0.39 is 0 Å². The van der Waals surface area contributed by atoms with E-state index in [-0.39, 0.29) is 0 Å². The van der Waals surface area contributed by atoms with Crippen LogP contribution in [-0.2, 0) is 0 Å². The van der Waals surface area contributed by atoms with Gasteiger partial charge in [0.2, 0.25) is 0 Å². The summed E-state index contributed by atoms with van der Waals surface area (Å²) in [5, 5.41) is 8.63. The Morgan fingerprint density at radius 3 is 1.72 bits per heavy atom. The highest BCUT2D eigenvalue weighted by molar-refractivity contribution is 6.23. The first kappa shape index (κ1) is 27.3. The smallest absolute Gasteiger partial charge is 0.147 e. The van der Waals surface area contributed by atoms with Crippen molar-refractivity contribution in [3.63, 3.8) is 0 Å². The maximum absolute atomic E-state index is 5.18. The summed E-state index contributed by atoms with van der Waals surface area (Å²) < 4.78 is 4.71. The van der Waals surface area contributed by atoms with Gasteiger partial charge in [0.15, 0.2) is 0 Å². The van der Waals surface area contributed by atoms with Crippen molar-refractivity contribution in [2.24, 2.45) is 0 Å². The molecular formula is C47H29N3. The topological polar surface area (TPSA) is 22.2 Å². The molecule has 0 amide bonds. The average Bonchev–Trinajstić information content (AvgIpc) is 3.74. The molecule has 8 aromatic carbocycles. The number of para-hydroxylation sites is 4. The molecule has 11 aromatic rings. The number of pyridine rings is 1. The van der Waals surface area contributed by atoms with Crippen molar-refractivity contribution in [3.05, 3.63) is 176 Å². The Bertz CT molecular complexity index is 3130. The molecule has 0 saturated heterocycles. The molecule has 0 radical (unpaired) electrons. The van der Waals surface area contributed by atoms with Crippen molar-refractivity contribution in [1.82, 2.24) is 14.0 Å². The van der Waals surface area contributed by atoms with E-state index >= 15 is 0 Å². The zero-order chi connectivity index (χ0) is 32.8. The van der Waals surface area contributed by atoms with Crippen LogP contribution in [0.1, 0.15) is 0 Å². The molecule has 50 heavy (non-hydrogen) atoms. The van der Waals surface area contributed by atoms with Crippen LogP contribution in [0.5, 0.6) is 0 Å². The summed E-state index contributed by atoms with van der Waals surface area (Å²) >= 11 is 0. The summed E-state index contributed by atoms with van der Waals surface area (Å²) in [6, 6.07) is 63.7. The summed E-state index contributed by atoms with van der Waals surface area (Å²) in [5.41, 5.74) is 12.7. The maximum Gasteiger partial charge on any atom is 0.147 e. The molecule has 0 aliphatic rings. The number of nitrogens with zero attached hydrogens (tertiary/aromatic N) is 3. The second-order valence-electron chi connectivity index (χ2n) is 13.2. The molecule has 0 spiro atoms. The summed E-state index contributed by atoms with van der Waals surface area (Å²) in [6.07, 6.45) is 0. The Morgan fingerprint density at radius 2 is 0.940 bits per heavy atom. The summed E-state index contributed by atoms with van der Waals surface area (Å²) in [7, 11) is 0. The molecule has 3 heteroatoms. The fourth-order valence-electron chi connectivity index (χ4n) is 8.16. The van der Waals surface area contributed by atoms with E-state index in [9.17, 15) is 0 Å². The number of fused-ring (bicyclic) bond motifs is 13. The Balaban J connectivity index is 1.06. The number of hydrogen-bond donors (Lipinski definition) is 0. The second-order valence-corrected chi connectivity index (χ2v) is 13.2. The first-order valence-corrected chi connectivity index (χ1v) is 17.1. The van der Waals surface area contributed by atoms with Crippen LogP contribution in [0.3, 0.4) is 0 Å². The van der Waals surface area contributed by atoms with Gasteiger partial charge in [-0.3, -0.25) is 4.40 Å². The molecular weight excluding hydrogens is 607 g/mol. The van der Waals surface area contributed by atoms with Gasteiger partial charge in [-0.2, -0.15) is 0 Å². The molecule has 0 N–H and O–H groups in total. The molecule has 232 valence electrons. The molecule has 3 aromatic heterocycles. The molecule has 11 rings (SSSR count). The van der Waals surface area contributed by atoms with Gasteiger partial charge < -0.3 is 4.57 Å². The number of imidazole rings is 1. The summed E-state index contributed by atoms with van der Waals surface area (Å²) in [6.45, 7) is 0. The molecule has 0 fully saturated rings. The lowest BCUT2D eigenvalue weighted by molar-refractivity contribution is 1.18. The zero-order valence-electron chi connectivity index (χ0n) is 27.1. The molecule has 3 heterocycles. The number of aromatic nitrogens is 3. The van der Waals surface area contributed by atoms with E-state index in [4.69, 9.17) is 4.98 Å². The maximum atomic E-state index is 5.18. The molecule has 0 aliphatic heterocycles. The van der Waals surface area contributed by atoms with Crippen molar-refractivity contribution in [2.75, 3.05) is 0 Å². The van der Waals surface area contributed by atoms with Crippen molar-refractivity contribution >= 4 is 70.9 Å². The lowest BCUT2D eigenvalue weighted by Crippen LogP contribution is -1.93. The molecule has 0 aliphatic carbocycles. The van der Waals surface area contributed by atoms with Gasteiger partial charge in [-0.05, 0) is 93.0 Å². The van der Waals surface area contributed by atoms with Gasteiger partial charge in [0, 0.05) is 27.2 Å². The van der Waals surface area contributed by atoms with Crippen LogP contribution in [0.2, 0.25) is 0 Å². The number of rotatable bonds is 3. The third kappa shape index (κ3) is 3.89. The van der Waals surface area contributed by atoms with Gasteiger partial charge in [-0.1, -0.05) is 121 Å². The normalized spacial score (nSPS) is 12.0. The van der Waals surface area contributed by atoms with E-state index in [0.717, 1.165) is 16.7 Å². The van der Waals surface area contributed by atoms with Gasteiger partial charge in [0.1, 0.15) is 5.65 Å². The Kier molecular flexibility index (Phi) is 5.67. The SMILES string of the molecule is c1ccc(-n2c3ccccc3c3cc(-c4ccc(-c5ccc6c(c5)c5ccc7ccccc7c5c5nc7ccccc7n65)cc4)ccc32)cc1. The van der Waals surface area contributed by atoms with E-state index in [0.29, 0.717) is 0 Å². The van der Waals surface area contributed by atoms with E-state index in [2.05, 4.69) is 185 Å². The van der Waals surface area contributed by atoms with Crippen molar-refractivity contribution in [1.29, 1.82) is 0 Å². The summed E-state index contributed by atoms with van der Waals surface area (Å²) in [5.74, 6) is 0. The largest absolute Gasteiger partial charge is 0.309 e. The predicted octanol–water partition coefficient (Wildman–Crippen LogP) is 12.4. The van der Waals surface area contributed by atoms with Gasteiger partial charge in [0.05, 0.1) is 27.6 Å².